The number of nitrogens with zero attached hydrogens (tertiary/aromatic N) is 2. The molecule has 4 amide bonds. The molecule has 0 spiro atoms. The molecule has 2 saturated carbocycles. The summed E-state index contributed by atoms with van der Waals surface area (Å²) in [5.74, 6) is -1.91. The zero-order chi connectivity index (χ0) is 39.7. The van der Waals surface area contributed by atoms with E-state index in [1.165, 1.54) is 12.0 Å². The Morgan fingerprint density at radius 3 is 2.55 bits per heavy atom. The molecule has 0 unspecified atom stereocenters. The van der Waals surface area contributed by atoms with Crippen LogP contribution in [-0.2, 0) is 33.9 Å². The summed E-state index contributed by atoms with van der Waals surface area (Å²) in [6.45, 7) is 7.31. The number of hydrogen-bond acceptors (Lipinski definition) is 11. The summed E-state index contributed by atoms with van der Waals surface area (Å²) in [7, 11) is -0.810. The van der Waals surface area contributed by atoms with Crippen molar-refractivity contribution in [2.24, 2.45) is 17.8 Å². The molecule has 2 aromatic rings. The van der Waals surface area contributed by atoms with Crippen LogP contribution >= 0.6 is 0 Å². The van der Waals surface area contributed by atoms with E-state index >= 15 is 0 Å². The molecular formula is C39H53N5O10S. The van der Waals surface area contributed by atoms with Gasteiger partial charge in [0.1, 0.15) is 35.1 Å². The topological polar surface area (TPSA) is 192 Å². The van der Waals surface area contributed by atoms with Crippen LogP contribution in [0.3, 0.4) is 0 Å². The second-order valence-corrected chi connectivity index (χ2v) is 18.3. The van der Waals surface area contributed by atoms with Crippen LogP contribution in [0.15, 0.2) is 42.6 Å². The minimum absolute atomic E-state index is 0.0227. The van der Waals surface area contributed by atoms with Crippen molar-refractivity contribution < 1.29 is 46.5 Å². The number of pyridine rings is 1. The standard InChI is InChI=1S/C39H53N5O10S/c1-23-9-7-8-10-26-20-39(26,36(47)43-55(49,50)29-12-13-29)42-33(45)31-19-28(53-34-30-14-11-27(52-6)18-24(30)15-16-40-34)21-44(31)35(46)32(25(17-23)22-51-5)41-37(48)54-38(2,3)4/h8,10-11,14-16,18,23,25-26,28-29,31-32H,7,9,12-13,17,19-22H2,1-6H3,(H,41,48)(H,42,45)(H,43,47)/b10-8-/t23-,25-,26-,28+,31-,32-,39-/m0/s1. The number of carbonyl (C=O) groups is 4. The Kier molecular flexibility index (Phi) is 11.7. The van der Waals surface area contributed by atoms with Crippen molar-refractivity contribution in [2.45, 2.75) is 107 Å². The quantitative estimate of drug-likeness (QED) is 0.315. The van der Waals surface area contributed by atoms with Crippen LogP contribution in [0.2, 0.25) is 0 Å². The van der Waals surface area contributed by atoms with E-state index in [1.807, 2.05) is 30.4 Å². The van der Waals surface area contributed by atoms with Crippen molar-refractivity contribution in [1.29, 1.82) is 0 Å². The molecule has 15 nitrogen and oxygen atoms in total. The smallest absolute Gasteiger partial charge is 0.408 e. The maximum absolute atomic E-state index is 14.9. The Morgan fingerprint density at radius 1 is 1.09 bits per heavy atom. The van der Waals surface area contributed by atoms with E-state index in [1.54, 1.807) is 40.1 Å². The molecule has 3 N–H and O–H groups in total. The van der Waals surface area contributed by atoms with E-state index in [0.717, 1.165) is 11.8 Å². The summed E-state index contributed by atoms with van der Waals surface area (Å²) in [5, 5.41) is 6.57. The average molecular weight is 784 g/mol. The predicted octanol–water partition coefficient (Wildman–Crippen LogP) is 3.61. The highest BCUT2D eigenvalue weighted by atomic mass is 32.2. The van der Waals surface area contributed by atoms with Gasteiger partial charge in [-0.3, -0.25) is 19.1 Å². The highest BCUT2D eigenvalue weighted by Crippen LogP contribution is 2.46. The molecule has 1 aromatic carbocycles. The molecule has 3 fully saturated rings. The van der Waals surface area contributed by atoms with Crippen molar-refractivity contribution in [3.05, 3.63) is 42.6 Å². The lowest BCUT2D eigenvalue weighted by atomic mass is 9.87. The van der Waals surface area contributed by atoms with Gasteiger partial charge in [-0.1, -0.05) is 19.1 Å². The van der Waals surface area contributed by atoms with E-state index in [9.17, 15) is 27.6 Å². The fourth-order valence-corrected chi connectivity index (χ4v) is 9.00. The summed E-state index contributed by atoms with van der Waals surface area (Å²) >= 11 is 0. The summed E-state index contributed by atoms with van der Waals surface area (Å²) in [6.07, 6.45) is 6.91. The van der Waals surface area contributed by atoms with Crippen LogP contribution in [-0.4, -0.2) is 104 Å². The van der Waals surface area contributed by atoms with Crippen molar-refractivity contribution in [1.82, 2.24) is 25.2 Å². The normalized spacial score (nSPS) is 29.5. The van der Waals surface area contributed by atoms with E-state index in [-0.39, 0.29) is 31.9 Å². The first-order valence-corrected chi connectivity index (χ1v) is 20.5. The number of aromatic nitrogens is 1. The van der Waals surface area contributed by atoms with Gasteiger partial charge in [0.2, 0.25) is 27.7 Å². The van der Waals surface area contributed by atoms with Gasteiger partial charge in [0.15, 0.2) is 0 Å². The van der Waals surface area contributed by atoms with Gasteiger partial charge >= 0.3 is 6.09 Å². The third kappa shape index (κ3) is 9.34. The lowest BCUT2D eigenvalue weighted by molar-refractivity contribution is -0.142. The van der Waals surface area contributed by atoms with Crippen LogP contribution < -0.4 is 24.8 Å². The fourth-order valence-electron chi connectivity index (χ4n) is 7.63. The van der Waals surface area contributed by atoms with E-state index in [4.69, 9.17) is 18.9 Å². The maximum Gasteiger partial charge on any atom is 0.408 e. The fraction of sp³-hybridized carbons (Fsp3) is 0.615. The summed E-state index contributed by atoms with van der Waals surface area (Å²) in [4.78, 5) is 62.4. The van der Waals surface area contributed by atoms with Gasteiger partial charge in [0.25, 0.3) is 5.91 Å². The van der Waals surface area contributed by atoms with Gasteiger partial charge in [0.05, 0.1) is 25.5 Å². The number of alkyl carbamates (subject to hydrolysis) is 1. The molecule has 3 heterocycles. The largest absolute Gasteiger partial charge is 0.497 e. The molecule has 16 heteroatoms. The van der Waals surface area contributed by atoms with Crippen molar-refractivity contribution in [3.8, 4) is 11.6 Å². The molecule has 55 heavy (non-hydrogen) atoms. The zero-order valence-corrected chi connectivity index (χ0v) is 33.1. The number of ether oxygens (including phenoxy) is 4. The first-order valence-electron chi connectivity index (χ1n) is 19.0. The van der Waals surface area contributed by atoms with Crippen molar-refractivity contribution in [2.75, 3.05) is 27.4 Å². The molecule has 0 bridgehead atoms. The molecule has 1 aromatic heterocycles. The van der Waals surface area contributed by atoms with E-state index in [2.05, 4.69) is 27.3 Å². The van der Waals surface area contributed by atoms with E-state index < -0.39 is 80.3 Å². The number of carbonyl (C=O) groups excluding carboxylic acids is 4. The predicted molar refractivity (Wildman–Crippen MR) is 203 cm³/mol. The second-order valence-electron chi connectivity index (χ2n) is 16.3. The molecule has 2 aliphatic carbocycles. The number of hydrogen-bond donors (Lipinski definition) is 3. The lowest BCUT2D eigenvalue weighted by Gasteiger charge is -2.34. The zero-order valence-electron chi connectivity index (χ0n) is 32.3. The van der Waals surface area contributed by atoms with Gasteiger partial charge in [-0.15, -0.1) is 0 Å². The maximum atomic E-state index is 14.9. The third-order valence-corrected chi connectivity index (χ3v) is 12.5. The summed E-state index contributed by atoms with van der Waals surface area (Å²) in [5.41, 5.74) is -2.38. The monoisotopic (exact) mass is 783 g/mol. The van der Waals surface area contributed by atoms with Gasteiger partial charge in [0, 0.05) is 36.9 Å². The summed E-state index contributed by atoms with van der Waals surface area (Å²) in [6, 6.07) is 4.96. The Labute approximate surface area is 322 Å². The first-order chi connectivity index (χ1) is 26.0. The second kappa shape index (κ2) is 16.0. The van der Waals surface area contributed by atoms with Crippen LogP contribution in [0.5, 0.6) is 11.6 Å². The van der Waals surface area contributed by atoms with Crippen LogP contribution in [0.25, 0.3) is 10.8 Å². The van der Waals surface area contributed by atoms with Gasteiger partial charge < -0.3 is 34.5 Å². The number of sulfonamides is 1. The Hall–Kier alpha value is -4.44. The third-order valence-electron chi connectivity index (χ3n) is 10.7. The number of rotatable bonds is 9. The molecular weight excluding hydrogens is 731 g/mol. The highest BCUT2D eigenvalue weighted by molar-refractivity contribution is 7.91. The molecule has 2 aliphatic heterocycles. The minimum atomic E-state index is -3.91. The number of allylic oxidation sites excluding steroid dienone is 1. The van der Waals surface area contributed by atoms with Crippen LogP contribution in [0, 0.1) is 17.8 Å². The Morgan fingerprint density at radius 2 is 1.85 bits per heavy atom. The number of nitrogens with one attached hydrogen (secondary N) is 3. The Balaban J connectivity index is 1.37. The van der Waals surface area contributed by atoms with Crippen LogP contribution in [0.4, 0.5) is 4.79 Å². The van der Waals surface area contributed by atoms with Gasteiger partial charge in [-0.25, -0.2) is 18.2 Å². The molecule has 1 saturated heterocycles. The number of benzene rings is 1. The van der Waals surface area contributed by atoms with Gasteiger partial charge in [-0.05, 0) is 94.9 Å². The molecule has 7 atom stereocenters. The highest BCUT2D eigenvalue weighted by Gasteiger charge is 2.62. The number of amides is 4. The number of fused-ring (bicyclic) bond motifs is 3. The SMILES string of the molecule is COC[C@@H]1C[C@@H](C)CC/C=C\[C@H]2C[C@]2(C(=O)NS(=O)(=O)C2CC2)NC(=O)[C@@H]2C[C@@H](Oc3nccc4cc(OC)ccc34)CN2C(=O)[C@H]1NC(=O)OC(C)(C)C. The Bertz CT molecular complexity index is 1930. The van der Waals surface area contributed by atoms with Gasteiger partial charge in [-0.2, -0.15) is 0 Å². The first kappa shape index (κ1) is 40.2. The molecule has 0 radical (unpaired) electrons. The van der Waals surface area contributed by atoms with Crippen molar-refractivity contribution in [3.63, 3.8) is 0 Å². The summed E-state index contributed by atoms with van der Waals surface area (Å²) < 4.78 is 51.0. The van der Waals surface area contributed by atoms with Crippen LogP contribution in [0.1, 0.15) is 72.6 Å². The van der Waals surface area contributed by atoms with Crippen molar-refractivity contribution >= 4 is 44.6 Å². The molecule has 300 valence electrons. The number of methoxy groups -OCH3 is 2. The molecule has 6 rings (SSSR count). The van der Waals surface area contributed by atoms with E-state index in [0.29, 0.717) is 42.7 Å². The lowest BCUT2D eigenvalue weighted by Crippen LogP contribution is -2.59. The molecule has 4 aliphatic rings. The average Bonchev–Trinajstić information content (AvgIpc) is 4.04. The minimum Gasteiger partial charge on any atom is -0.497 e.